The molecule has 0 spiro atoms. The monoisotopic (exact) mass is 485 g/mol. The molecule has 0 aromatic heterocycles. The van der Waals surface area contributed by atoms with E-state index in [0.29, 0.717) is 32.1 Å². The SMILES string of the molecule is COc1ccc([N+](=O)[O-])cc1NC(=S)N[C@H](NC(=O)N1CCOCC1)C(Cl)(Cl)Cl. The number of nitrogens with zero attached hydrogens (tertiary/aromatic N) is 2. The van der Waals surface area contributed by atoms with Gasteiger partial charge in [0.1, 0.15) is 5.75 Å². The molecule has 160 valence electrons. The van der Waals surface area contributed by atoms with Crippen LogP contribution >= 0.6 is 47.0 Å². The van der Waals surface area contributed by atoms with Crippen LogP contribution in [-0.2, 0) is 4.74 Å². The van der Waals surface area contributed by atoms with Crippen LogP contribution in [0, 0.1) is 10.1 Å². The second kappa shape index (κ2) is 10.3. The first kappa shape index (κ1) is 23.5. The van der Waals surface area contributed by atoms with Crippen LogP contribution < -0.4 is 20.7 Å². The second-order valence-corrected chi connectivity index (χ2v) is 8.54. The molecular weight excluding hydrogens is 469 g/mol. The van der Waals surface area contributed by atoms with Crippen LogP contribution in [0.25, 0.3) is 0 Å². The predicted octanol–water partition coefficient (Wildman–Crippen LogP) is 2.63. The number of hydrogen-bond donors (Lipinski definition) is 3. The average molecular weight is 487 g/mol. The Morgan fingerprint density at radius 1 is 1.34 bits per heavy atom. The van der Waals surface area contributed by atoms with Crippen molar-refractivity contribution in [2.75, 3.05) is 38.7 Å². The van der Waals surface area contributed by atoms with Crippen LogP contribution in [-0.4, -0.2) is 64.3 Å². The highest BCUT2D eigenvalue weighted by Gasteiger charge is 2.36. The normalized spacial score (nSPS) is 15.2. The van der Waals surface area contributed by atoms with E-state index in [1.165, 1.54) is 30.2 Å². The first-order valence-electron chi connectivity index (χ1n) is 8.21. The minimum atomic E-state index is -1.94. The number of thiocarbonyl (C=S) groups is 1. The zero-order valence-corrected chi connectivity index (χ0v) is 18.2. The number of benzene rings is 1. The van der Waals surface area contributed by atoms with Crippen molar-refractivity contribution < 1.29 is 19.2 Å². The first-order valence-corrected chi connectivity index (χ1v) is 9.76. The Morgan fingerprint density at radius 2 is 2.00 bits per heavy atom. The Morgan fingerprint density at radius 3 is 2.55 bits per heavy atom. The van der Waals surface area contributed by atoms with E-state index in [-0.39, 0.29) is 16.5 Å². The molecule has 1 saturated heterocycles. The molecule has 0 unspecified atom stereocenters. The summed E-state index contributed by atoms with van der Waals surface area (Å²) < 4.78 is 8.41. The number of methoxy groups -OCH3 is 1. The fraction of sp³-hybridized carbons (Fsp3) is 0.467. The van der Waals surface area contributed by atoms with E-state index < -0.39 is 20.9 Å². The van der Waals surface area contributed by atoms with Gasteiger partial charge in [-0.15, -0.1) is 0 Å². The summed E-state index contributed by atoms with van der Waals surface area (Å²) in [7, 11) is 1.40. The van der Waals surface area contributed by atoms with Gasteiger partial charge in [-0.05, 0) is 18.3 Å². The Hall–Kier alpha value is -1.79. The third kappa shape index (κ3) is 6.89. The van der Waals surface area contributed by atoms with Gasteiger partial charge in [-0.1, -0.05) is 34.8 Å². The average Bonchev–Trinajstić information content (AvgIpc) is 2.67. The zero-order chi connectivity index (χ0) is 21.6. The van der Waals surface area contributed by atoms with E-state index in [1.54, 1.807) is 0 Å². The fourth-order valence-corrected chi connectivity index (χ4v) is 2.93. The molecule has 2 amide bonds. The summed E-state index contributed by atoms with van der Waals surface area (Å²) in [5.41, 5.74) is 0.0522. The summed E-state index contributed by atoms with van der Waals surface area (Å²) in [6, 6.07) is 3.47. The number of rotatable bonds is 5. The number of urea groups is 1. The maximum absolute atomic E-state index is 12.4. The molecule has 0 radical (unpaired) electrons. The highest BCUT2D eigenvalue weighted by Crippen LogP contribution is 2.31. The topological polar surface area (TPSA) is 118 Å². The summed E-state index contributed by atoms with van der Waals surface area (Å²) in [5.74, 6) is 0.308. The second-order valence-electron chi connectivity index (χ2n) is 5.76. The number of non-ortho nitro benzene ring substituents is 1. The van der Waals surface area contributed by atoms with Crippen molar-refractivity contribution in [1.29, 1.82) is 0 Å². The molecule has 1 aliphatic heterocycles. The summed E-state index contributed by atoms with van der Waals surface area (Å²) in [5, 5.41) is 18.9. The van der Waals surface area contributed by atoms with Crippen LogP contribution in [0.4, 0.5) is 16.2 Å². The molecule has 0 aliphatic carbocycles. The molecule has 1 atom stereocenters. The largest absolute Gasteiger partial charge is 0.495 e. The number of carbonyl (C=O) groups is 1. The van der Waals surface area contributed by atoms with Gasteiger partial charge < -0.3 is 30.3 Å². The molecule has 10 nitrogen and oxygen atoms in total. The summed E-state index contributed by atoms with van der Waals surface area (Å²) in [4.78, 5) is 24.3. The maximum Gasteiger partial charge on any atom is 0.319 e. The van der Waals surface area contributed by atoms with E-state index in [4.69, 9.17) is 56.5 Å². The van der Waals surface area contributed by atoms with E-state index in [9.17, 15) is 14.9 Å². The van der Waals surface area contributed by atoms with E-state index in [0.717, 1.165) is 0 Å². The van der Waals surface area contributed by atoms with Crippen molar-refractivity contribution in [1.82, 2.24) is 15.5 Å². The van der Waals surface area contributed by atoms with Crippen molar-refractivity contribution in [3.8, 4) is 5.75 Å². The Bertz CT molecular complexity index is 773. The third-order valence-electron chi connectivity index (χ3n) is 3.81. The number of nitro groups is 1. The van der Waals surface area contributed by atoms with E-state index in [2.05, 4.69) is 16.0 Å². The summed E-state index contributed by atoms with van der Waals surface area (Å²) in [6.07, 6.45) is -1.19. The lowest BCUT2D eigenvalue weighted by atomic mass is 10.2. The number of ether oxygens (including phenoxy) is 2. The third-order valence-corrected chi connectivity index (χ3v) is 4.69. The molecule has 1 aromatic rings. The number of halogens is 3. The van der Waals surface area contributed by atoms with E-state index >= 15 is 0 Å². The first-order chi connectivity index (χ1) is 13.6. The molecule has 0 saturated carbocycles. The van der Waals surface area contributed by atoms with Crippen molar-refractivity contribution in [2.24, 2.45) is 0 Å². The van der Waals surface area contributed by atoms with Gasteiger partial charge in [0.2, 0.25) is 3.79 Å². The fourth-order valence-electron chi connectivity index (χ4n) is 2.38. The zero-order valence-electron chi connectivity index (χ0n) is 15.1. The van der Waals surface area contributed by atoms with Gasteiger partial charge in [0.05, 0.1) is 30.9 Å². The van der Waals surface area contributed by atoms with E-state index in [1.807, 2.05) is 0 Å². The highest BCUT2D eigenvalue weighted by molar-refractivity contribution is 7.80. The minimum Gasteiger partial charge on any atom is -0.495 e. The number of alkyl halides is 3. The lowest BCUT2D eigenvalue weighted by molar-refractivity contribution is -0.384. The van der Waals surface area contributed by atoms with Crippen molar-refractivity contribution >= 4 is 69.5 Å². The van der Waals surface area contributed by atoms with Gasteiger partial charge in [0, 0.05) is 25.2 Å². The van der Waals surface area contributed by atoms with Crippen LogP contribution in [0.2, 0.25) is 0 Å². The van der Waals surface area contributed by atoms with Crippen molar-refractivity contribution in [2.45, 2.75) is 9.96 Å². The Labute approximate surface area is 186 Å². The molecule has 3 N–H and O–H groups in total. The molecule has 1 fully saturated rings. The molecule has 29 heavy (non-hydrogen) atoms. The molecule has 1 heterocycles. The van der Waals surface area contributed by atoms with Gasteiger partial charge in [-0.2, -0.15) is 0 Å². The quantitative estimate of drug-likeness (QED) is 0.191. The van der Waals surface area contributed by atoms with Gasteiger partial charge in [0.15, 0.2) is 11.3 Å². The number of hydrogen-bond acceptors (Lipinski definition) is 6. The van der Waals surface area contributed by atoms with Gasteiger partial charge in [-0.3, -0.25) is 10.1 Å². The number of nitrogens with one attached hydrogen (secondary N) is 3. The lowest BCUT2D eigenvalue weighted by Gasteiger charge is -2.32. The Kier molecular flexibility index (Phi) is 8.34. The smallest absolute Gasteiger partial charge is 0.319 e. The van der Waals surface area contributed by atoms with Gasteiger partial charge in [-0.25, -0.2) is 4.79 Å². The number of morpholine rings is 1. The number of amides is 2. The highest BCUT2D eigenvalue weighted by atomic mass is 35.6. The molecule has 0 bridgehead atoms. The molecule has 14 heteroatoms. The number of nitro benzene ring substituents is 1. The maximum atomic E-state index is 12.4. The Balaban J connectivity index is 2.09. The van der Waals surface area contributed by atoms with Gasteiger partial charge in [0.25, 0.3) is 5.69 Å². The number of anilines is 1. The standard InChI is InChI=1S/C15H18Cl3N5O5S/c1-27-11-3-2-9(23(25)26)8-10(11)19-13(29)20-12(15(16,17)18)21-14(24)22-4-6-28-7-5-22/h2-3,8,12H,4-7H2,1H3,(H,21,24)(H2,19,20,29)/t12-/m1/s1. The summed E-state index contributed by atoms with van der Waals surface area (Å²) in [6.45, 7) is 1.61. The van der Waals surface area contributed by atoms with Crippen molar-refractivity contribution in [3.05, 3.63) is 28.3 Å². The molecule has 1 aromatic carbocycles. The van der Waals surface area contributed by atoms with Crippen molar-refractivity contribution in [3.63, 3.8) is 0 Å². The molecule has 2 rings (SSSR count). The minimum absolute atomic E-state index is 0.0533. The lowest BCUT2D eigenvalue weighted by Crippen LogP contribution is -2.59. The van der Waals surface area contributed by atoms with Crippen LogP contribution in [0.3, 0.4) is 0 Å². The molecular formula is C15H18Cl3N5O5S. The van der Waals surface area contributed by atoms with Crippen LogP contribution in [0.1, 0.15) is 0 Å². The summed E-state index contributed by atoms with van der Waals surface area (Å²) >= 11 is 23.1. The van der Waals surface area contributed by atoms with Crippen LogP contribution in [0.15, 0.2) is 18.2 Å². The van der Waals surface area contributed by atoms with Gasteiger partial charge >= 0.3 is 6.03 Å². The van der Waals surface area contributed by atoms with Crippen LogP contribution in [0.5, 0.6) is 5.75 Å². The molecule has 1 aliphatic rings. The number of carbonyl (C=O) groups excluding carboxylic acids is 1. The predicted molar refractivity (Wildman–Crippen MR) is 114 cm³/mol.